The second-order valence-corrected chi connectivity index (χ2v) is 5.62. The lowest BCUT2D eigenvalue weighted by molar-refractivity contribution is -0.125. The van der Waals surface area contributed by atoms with E-state index in [0.29, 0.717) is 19.0 Å². The van der Waals surface area contributed by atoms with Gasteiger partial charge in [-0.25, -0.2) is 4.79 Å². The summed E-state index contributed by atoms with van der Waals surface area (Å²) in [4.78, 5) is 26.9. The number of rotatable bonds is 4. The van der Waals surface area contributed by atoms with E-state index < -0.39 is 0 Å². The molecule has 0 aliphatic carbocycles. The van der Waals surface area contributed by atoms with Crippen LogP contribution in [0.3, 0.4) is 0 Å². The minimum absolute atomic E-state index is 0.0640. The number of hydrogen-bond acceptors (Lipinski definition) is 3. The second kappa shape index (κ2) is 7.04. The molecular weight excluding hydrogens is 306 g/mol. The highest BCUT2D eigenvalue weighted by atomic mass is 16.5. The van der Waals surface area contributed by atoms with Crippen molar-refractivity contribution in [3.05, 3.63) is 60.2 Å². The zero-order chi connectivity index (χ0) is 16.9. The van der Waals surface area contributed by atoms with Crippen molar-refractivity contribution in [2.45, 2.75) is 6.61 Å². The van der Waals surface area contributed by atoms with Crippen molar-refractivity contribution in [3.63, 3.8) is 0 Å². The van der Waals surface area contributed by atoms with E-state index >= 15 is 0 Å². The smallest absolute Gasteiger partial charge is 0.323 e. The fourth-order valence-corrected chi connectivity index (χ4v) is 2.45. The van der Waals surface area contributed by atoms with Crippen LogP contribution in [0.4, 0.5) is 10.5 Å². The molecule has 0 atom stereocenters. The van der Waals surface area contributed by atoms with Crippen molar-refractivity contribution in [2.75, 3.05) is 25.6 Å². The largest absolute Gasteiger partial charge is 0.489 e. The minimum atomic E-state index is -0.292. The van der Waals surface area contributed by atoms with Crippen LogP contribution >= 0.6 is 0 Å². The van der Waals surface area contributed by atoms with Gasteiger partial charge in [0.05, 0.1) is 6.67 Å². The first-order chi connectivity index (χ1) is 11.6. The van der Waals surface area contributed by atoms with Crippen LogP contribution in [0.1, 0.15) is 5.56 Å². The zero-order valence-corrected chi connectivity index (χ0v) is 13.4. The predicted octanol–water partition coefficient (Wildman–Crippen LogP) is 2.53. The molecule has 1 saturated heterocycles. The van der Waals surface area contributed by atoms with E-state index in [4.69, 9.17) is 4.74 Å². The lowest BCUT2D eigenvalue weighted by Gasteiger charge is -2.18. The number of urea groups is 1. The Hall–Kier alpha value is -3.02. The first kappa shape index (κ1) is 15.9. The SMILES string of the molecule is CN1CN(C(=O)Nc2ccccc2COc2ccccc2)CC1=O. The molecule has 0 saturated carbocycles. The second-order valence-electron chi connectivity index (χ2n) is 5.62. The Morgan fingerprint density at radius 2 is 1.83 bits per heavy atom. The monoisotopic (exact) mass is 325 g/mol. The number of nitrogens with one attached hydrogen (secondary N) is 1. The number of benzene rings is 2. The number of nitrogens with zero attached hydrogens (tertiary/aromatic N) is 2. The molecule has 0 aromatic heterocycles. The molecule has 1 aliphatic rings. The summed E-state index contributed by atoms with van der Waals surface area (Å²) in [5, 5.41) is 2.86. The number of anilines is 1. The molecule has 2 aromatic rings. The van der Waals surface area contributed by atoms with Crippen LogP contribution < -0.4 is 10.1 Å². The van der Waals surface area contributed by atoms with Gasteiger partial charge in [0.15, 0.2) is 0 Å². The Bertz CT molecular complexity index is 733. The summed E-state index contributed by atoms with van der Waals surface area (Å²) in [5.41, 5.74) is 1.55. The third kappa shape index (κ3) is 3.65. The van der Waals surface area contributed by atoms with E-state index in [2.05, 4.69) is 5.32 Å². The molecule has 1 N–H and O–H groups in total. The third-order valence-electron chi connectivity index (χ3n) is 3.82. The molecule has 1 fully saturated rings. The minimum Gasteiger partial charge on any atom is -0.489 e. The van der Waals surface area contributed by atoms with Gasteiger partial charge in [-0.1, -0.05) is 36.4 Å². The number of ether oxygens (including phenoxy) is 1. The van der Waals surface area contributed by atoms with Gasteiger partial charge in [-0.05, 0) is 18.2 Å². The van der Waals surface area contributed by atoms with Gasteiger partial charge in [0.1, 0.15) is 18.9 Å². The van der Waals surface area contributed by atoms with Gasteiger partial charge in [-0.3, -0.25) is 9.69 Å². The van der Waals surface area contributed by atoms with Crippen LogP contribution in [0.25, 0.3) is 0 Å². The van der Waals surface area contributed by atoms with Gasteiger partial charge in [0.25, 0.3) is 0 Å². The average Bonchev–Trinajstić information content (AvgIpc) is 2.94. The molecule has 0 bridgehead atoms. The highest BCUT2D eigenvalue weighted by Crippen LogP contribution is 2.19. The first-order valence-electron chi connectivity index (χ1n) is 7.69. The molecule has 24 heavy (non-hydrogen) atoms. The normalized spacial score (nSPS) is 14.0. The average molecular weight is 325 g/mol. The maximum atomic E-state index is 12.3. The van der Waals surface area contributed by atoms with E-state index in [1.165, 1.54) is 9.80 Å². The van der Waals surface area contributed by atoms with Crippen LogP contribution in [0.2, 0.25) is 0 Å². The number of carbonyl (C=O) groups is 2. The number of carbonyl (C=O) groups excluding carboxylic acids is 2. The summed E-state index contributed by atoms with van der Waals surface area (Å²) in [6, 6.07) is 16.7. The van der Waals surface area contributed by atoms with Crippen LogP contribution in [0.5, 0.6) is 5.75 Å². The van der Waals surface area contributed by atoms with E-state index in [0.717, 1.165) is 11.3 Å². The Morgan fingerprint density at radius 1 is 1.12 bits per heavy atom. The molecule has 0 spiro atoms. The van der Waals surface area contributed by atoms with Crippen LogP contribution in [-0.4, -0.2) is 42.0 Å². The number of likely N-dealkylation sites (N-methyl/N-ethyl adjacent to an activating group) is 1. The molecule has 0 radical (unpaired) electrons. The fraction of sp³-hybridized carbons (Fsp3) is 0.222. The Balaban J connectivity index is 1.66. The molecule has 6 nitrogen and oxygen atoms in total. The van der Waals surface area contributed by atoms with Gasteiger partial charge in [-0.2, -0.15) is 0 Å². The van der Waals surface area contributed by atoms with Crippen LogP contribution in [-0.2, 0) is 11.4 Å². The van der Waals surface area contributed by atoms with Gasteiger partial charge < -0.3 is 15.0 Å². The molecule has 6 heteroatoms. The Morgan fingerprint density at radius 3 is 2.54 bits per heavy atom. The summed E-state index contributed by atoms with van der Waals surface area (Å²) in [7, 11) is 1.68. The lowest BCUT2D eigenvalue weighted by atomic mass is 10.2. The summed E-state index contributed by atoms with van der Waals surface area (Å²) in [5.74, 6) is 0.705. The molecule has 3 amide bonds. The number of hydrogen-bond donors (Lipinski definition) is 1. The number of para-hydroxylation sites is 2. The third-order valence-corrected chi connectivity index (χ3v) is 3.82. The van der Waals surface area contributed by atoms with Gasteiger partial charge in [-0.15, -0.1) is 0 Å². The molecular formula is C18H19N3O3. The van der Waals surface area contributed by atoms with Gasteiger partial charge in [0, 0.05) is 18.3 Å². The van der Waals surface area contributed by atoms with Crippen LogP contribution in [0, 0.1) is 0 Å². The zero-order valence-electron chi connectivity index (χ0n) is 13.4. The molecule has 2 aromatic carbocycles. The highest BCUT2D eigenvalue weighted by molar-refractivity contribution is 5.94. The van der Waals surface area contributed by atoms with Crippen molar-refractivity contribution in [1.82, 2.24) is 9.80 Å². The Labute approximate surface area is 140 Å². The summed E-state index contributed by atoms with van der Waals surface area (Å²) in [6.07, 6.45) is 0. The van der Waals surface area contributed by atoms with E-state index in [1.807, 2.05) is 54.6 Å². The van der Waals surface area contributed by atoms with Crippen LogP contribution in [0.15, 0.2) is 54.6 Å². The van der Waals surface area contributed by atoms with Crippen molar-refractivity contribution in [2.24, 2.45) is 0 Å². The van der Waals surface area contributed by atoms with Gasteiger partial charge >= 0.3 is 6.03 Å². The van der Waals surface area contributed by atoms with E-state index in [9.17, 15) is 9.59 Å². The van der Waals surface area contributed by atoms with Gasteiger partial charge in [0.2, 0.25) is 5.91 Å². The van der Waals surface area contributed by atoms with Crippen molar-refractivity contribution >= 4 is 17.6 Å². The quantitative estimate of drug-likeness (QED) is 0.939. The fourth-order valence-electron chi connectivity index (χ4n) is 2.45. The van der Waals surface area contributed by atoms with E-state index in [1.54, 1.807) is 7.05 Å². The standard InChI is InChI=1S/C18H19N3O3/c1-20-13-21(11-17(20)22)18(23)19-16-10-6-5-7-14(16)12-24-15-8-3-2-4-9-15/h2-10H,11-13H2,1H3,(H,19,23). The van der Waals surface area contributed by atoms with Crippen molar-refractivity contribution in [1.29, 1.82) is 0 Å². The Kier molecular flexibility index (Phi) is 4.65. The maximum Gasteiger partial charge on any atom is 0.323 e. The maximum absolute atomic E-state index is 12.3. The summed E-state index contributed by atoms with van der Waals surface area (Å²) < 4.78 is 5.75. The first-order valence-corrected chi connectivity index (χ1v) is 7.69. The highest BCUT2D eigenvalue weighted by Gasteiger charge is 2.28. The summed E-state index contributed by atoms with van der Waals surface area (Å²) in [6.45, 7) is 0.748. The molecule has 1 aliphatic heterocycles. The molecule has 124 valence electrons. The van der Waals surface area contributed by atoms with E-state index in [-0.39, 0.29) is 18.5 Å². The lowest BCUT2D eigenvalue weighted by Crippen LogP contribution is -2.34. The van der Waals surface area contributed by atoms with Crippen molar-refractivity contribution < 1.29 is 14.3 Å². The number of amides is 3. The molecule has 1 heterocycles. The van der Waals surface area contributed by atoms with Crippen molar-refractivity contribution in [3.8, 4) is 5.75 Å². The summed E-state index contributed by atoms with van der Waals surface area (Å²) >= 11 is 0. The topological polar surface area (TPSA) is 61.9 Å². The molecule has 3 rings (SSSR count). The predicted molar refractivity (Wildman–Crippen MR) is 90.6 cm³/mol. The molecule has 0 unspecified atom stereocenters.